The van der Waals surface area contributed by atoms with Crippen LogP contribution in [-0.4, -0.2) is 11.8 Å². The summed E-state index contributed by atoms with van der Waals surface area (Å²) in [6.45, 7) is 2.05. The second-order valence-corrected chi connectivity index (χ2v) is 4.18. The van der Waals surface area contributed by atoms with Crippen LogP contribution >= 0.6 is 0 Å². The molecule has 5 heteroatoms. The van der Waals surface area contributed by atoms with Crippen molar-refractivity contribution in [2.75, 3.05) is 5.01 Å². The number of hydrogen-bond donors (Lipinski definition) is 1. The monoisotopic (exact) mass is 255 g/mol. The molecule has 1 unspecified atom stereocenters. The molecule has 1 atom stereocenters. The van der Waals surface area contributed by atoms with E-state index >= 15 is 0 Å². The molecule has 1 N–H and O–H groups in total. The Morgan fingerprint density at radius 1 is 1.22 bits per heavy atom. The maximum absolute atomic E-state index is 12.1. The number of unbranched alkanes of at least 4 members (excludes halogenated alkanes) is 1. The van der Waals surface area contributed by atoms with Gasteiger partial charge in [0.15, 0.2) is 0 Å². The smallest absolute Gasteiger partial charge is 0.272 e. The van der Waals surface area contributed by atoms with E-state index in [0.717, 1.165) is 12.8 Å². The topological polar surface area (TPSA) is 49.4 Å². The number of nitrogens with one attached hydrogen (secondary N) is 1. The summed E-state index contributed by atoms with van der Waals surface area (Å²) in [7, 11) is 0. The summed E-state index contributed by atoms with van der Waals surface area (Å²) in [5.41, 5.74) is 3.34. The van der Waals surface area contributed by atoms with E-state index < -0.39 is 5.92 Å². The third-order valence-electron chi connectivity index (χ3n) is 2.92. The van der Waals surface area contributed by atoms with Gasteiger partial charge in [0, 0.05) is 0 Å². The zero-order chi connectivity index (χ0) is 12.3. The van der Waals surface area contributed by atoms with Crippen molar-refractivity contribution in [3.63, 3.8) is 0 Å². The third kappa shape index (κ3) is 3.13. The van der Waals surface area contributed by atoms with Crippen LogP contribution in [0.3, 0.4) is 0 Å². The Morgan fingerprint density at radius 2 is 1.89 bits per heavy atom. The standard InChI is InChI=1S/C13H16N2O2.Na/c1-2-3-9-11-12(16)14-15(13(11)17)10-7-5-4-6-8-10;/h4-8,11H,2-3,9H2,1H3,(H,14,16);/q;+1. The van der Waals surface area contributed by atoms with Crippen LogP contribution in [0.2, 0.25) is 0 Å². The molecule has 1 aromatic carbocycles. The number of carbonyl (C=O) groups is 2. The van der Waals surface area contributed by atoms with E-state index in [2.05, 4.69) is 5.43 Å². The number of hydrogen-bond acceptors (Lipinski definition) is 2. The molecule has 4 nitrogen and oxygen atoms in total. The molecule has 1 aliphatic heterocycles. The second-order valence-electron chi connectivity index (χ2n) is 4.18. The van der Waals surface area contributed by atoms with Crippen molar-refractivity contribution < 1.29 is 39.1 Å². The Bertz CT molecular complexity index is 422. The maximum Gasteiger partial charge on any atom is 1.00 e. The Hall–Kier alpha value is -0.840. The molecule has 90 valence electrons. The predicted octanol–water partition coefficient (Wildman–Crippen LogP) is -1.13. The van der Waals surface area contributed by atoms with Crippen molar-refractivity contribution in [2.24, 2.45) is 5.92 Å². The number of para-hydroxylation sites is 1. The average Bonchev–Trinajstić information content (AvgIpc) is 2.64. The van der Waals surface area contributed by atoms with E-state index in [1.807, 2.05) is 25.1 Å². The SMILES string of the molecule is CCCCC1C(=O)NN(c2ccccc2)C1=O.[Na+]. The van der Waals surface area contributed by atoms with Crippen LogP contribution in [0.15, 0.2) is 30.3 Å². The van der Waals surface area contributed by atoms with Crippen LogP contribution in [-0.2, 0) is 9.59 Å². The molecule has 0 spiro atoms. The van der Waals surface area contributed by atoms with Crippen molar-refractivity contribution in [2.45, 2.75) is 26.2 Å². The third-order valence-corrected chi connectivity index (χ3v) is 2.92. The summed E-state index contributed by atoms with van der Waals surface area (Å²) in [4.78, 5) is 23.8. The van der Waals surface area contributed by atoms with Gasteiger partial charge in [0.25, 0.3) is 11.8 Å². The van der Waals surface area contributed by atoms with Crippen molar-refractivity contribution >= 4 is 17.5 Å². The van der Waals surface area contributed by atoms with Crippen LogP contribution < -0.4 is 40.0 Å². The minimum absolute atomic E-state index is 0. The molecule has 0 aromatic heterocycles. The first kappa shape index (κ1) is 15.2. The first-order valence-corrected chi connectivity index (χ1v) is 5.93. The molecule has 0 bridgehead atoms. The van der Waals surface area contributed by atoms with Crippen LogP contribution in [0.25, 0.3) is 0 Å². The van der Waals surface area contributed by atoms with Gasteiger partial charge in [-0.25, -0.2) is 5.01 Å². The zero-order valence-electron chi connectivity index (χ0n) is 10.8. The summed E-state index contributed by atoms with van der Waals surface area (Å²) >= 11 is 0. The summed E-state index contributed by atoms with van der Waals surface area (Å²) < 4.78 is 0. The zero-order valence-corrected chi connectivity index (χ0v) is 12.8. The molecule has 2 amide bonds. The van der Waals surface area contributed by atoms with E-state index in [4.69, 9.17) is 0 Å². The first-order chi connectivity index (χ1) is 8.24. The molecule has 0 radical (unpaired) electrons. The van der Waals surface area contributed by atoms with Crippen LogP contribution in [0.1, 0.15) is 26.2 Å². The number of rotatable bonds is 4. The largest absolute Gasteiger partial charge is 1.00 e. The van der Waals surface area contributed by atoms with Gasteiger partial charge in [-0.15, -0.1) is 0 Å². The van der Waals surface area contributed by atoms with Gasteiger partial charge in [-0.05, 0) is 18.6 Å². The predicted molar refractivity (Wildman–Crippen MR) is 65.1 cm³/mol. The Kier molecular flexibility index (Phi) is 5.85. The van der Waals surface area contributed by atoms with Gasteiger partial charge in [0.05, 0.1) is 5.69 Å². The molecule has 1 saturated heterocycles. The molecule has 2 rings (SSSR count). The molecular weight excluding hydrogens is 239 g/mol. The van der Waals surface area contributed by atoms with E-state index in [1.54, 1.807) is 12.1 Å². The van der Waals surface area contributed by atoms with Gasteiger partial charge in [0.1, 0.15) is 5.92 Å². The molecule has 18 heavy (non-hydrogen) atoms. The summed E-state index contributed by atoms with van der Waals surface area (Å²) in [6, 6.07) is 9.17. The number of amides is 2. The summed E-state index contributed by atoms with van der Waals surface area (Å²) in [5.74, 6) is -0.850. The molecule has 0 saturated carbocycles. The Morgan fingerprint density at radius 3 is 2.50 bits per heavy atom. The fourth-order valence-corrected chi connectivity index (χ4v) is 1.94. The van der Waals surface area contributed by atoms with E-state index in [9.17, 15) is 9.59 Å². The van der Waals surface area contributed by atoms with E-state index in [-0.39, 0.29) is 41.4 Å². The minimum atomic E-state index is -0.518. The fraction of sp³-hybridized carbons (Fsp3) is 0.385. The van der Waals surface area contributed by atoms with Crippen LogP contribution in [0.4, 0.5) is 5.69 Å². The van der Waals surface area contributed by atoms with Crippen molar-refractivity contribution in [1.82, 2.24) is 5.43 Å². The van der Waals surface area contributed by atoms with Gasteiger partial charge in [-0.1, -0.05) is 38.0 Å². The number of anilines is 1. The fourth-order valence-electron chi connectivity index (χ4n) is 1.94. The Labute approximate surface area is 129 Å². The van der Waals surface area contributed by atoms with Gasteiger partial charge < -0.3 is 0 Å². The van der Waals surface area contributed by atoms with Gasteiger partial charge >= 0.3 is 29.6 Å². The normalized spacial score (nSPS) is 18.5. The van der Waals surface area contributed by atoms with Crippen molar-refractivity contribution in [3.05, 3.63) is 30.3 Å². The quantitative estimate of drug-likeness (QED) is 0.547. The molecular formula is C13H16N2NaO2+. The second kappa shape index (κ2) is 6.92. The first-order valence-electron chi connectivity index (χ1n) is 5.93. The Balaban J connectivity index is 0.00000162. The van der Waals surface area contributed by atoms with Gasteiger partial charge in [-0.2, -0.15) is 0 Å². The number of hydrazine groups is 1. The average molecular weight is 255 g/mol. The molecule has 1 heterocycles. The molecule has 1 fully saturated rings. The molecule has 1 aromatic rings. The maximum atomic E-state index is 12.1. The number of nitrogens with zero attached hydrogens (tertiary/aromatic N) is 1. The van der Waals surface area contributed by atoms with Gasteiger partial charge in [-0.3, -0.25) is 15.0 Å². The minimum Gasteiger partial charge on any atom is -0.272 e. The van der Waals surface area contributed by atoms with Crippen LogP contribution in [0.5, 0.6) is 0 Å². The van der Waals surface area contributed by atoms with Crippen LogP contribution in [0, 0.1) is 5.92 Å². The summed E-state index contributed by atoms with van der Waals surface area (Å²) in [5, 5.41) is 1.35. The van der Waals surface area contributed by atoms with Crippen molar-refractivity contribution in [1.29, 1.82) is 0 Å². The van der Waals surface area contributed by atoms with Crippen molar-refractivity contribution in [3.8, 4) is 0 Å². The molecule has 1 aliphatic rings. The number of carbonyl (C=O) groups excluding carboxylic acids is 2. The van der Waals surface area contributed by atoms with E-state index in [1.165, 1.54) is 5.01 Å². The molecule has 0 aliphatic carbocycles. The summed E-state index contributed by atoms with van der Waals surface area (Å²) in [6.07, 6.45) is 2.51. The number of benzene rings is 1. The van der Waals surface area contributed by atoms with Gasteiger partial charge in [0.2, 0.25) is 0 Å². The van der Waals surface area contributed by atoms with E-state index in [0.29, 0.717) is 12.1 Å².